The number of aliphatic carboxylic acids is 1. The van der Waals surface area contributed by atoms with E-state index in [0.717, 1.165) is 0 Å². The fraction of sp³-hybridized carbons (Fsp3) is 0.353. The predicted octanol–water partition coefficient (Wildman–Crippen LogP) is 2.27. The standard InChI is InChI=1S/C17H20N2O4/c1-17(2,3)12-4-6-13(7-5-12)23-10-14-18-9-11(8-15(20)21)16(22)19-14/h4-7,9H,8,10H2,1-3H3,(H,20,21)(H,18,19,22). The van der Waals surface area contributed by atoms with Gasteiger partial charge in [-0.2, -0.15) is 0 Å². The molecule has 2 N–H and O–H groups in total. The lowest BCUT2D eigenvalue weighted by molar-refractivity contribution is -0.136. The van der Waals surface area contributed by atoms with Gasteiger partial charge in [0.05, 0.1) is 6.42 Å². The molecule has 0 atom stereocenters. The van der Waals surface area contributed by atoms with Gasteiger partial charge in [-0.25, -0.2) is 4.98 Å². The average molecular weight is 316 g/mol. The Kier molecular flexibility index (Phi) is 4.83. The van der Waals surface area contributed by atoms with Crippen LogP contribution < -0.4 is 10.3 Å². The van der Waals surface area contributed by atoms with Gasteiger partial charge in [0.25, 0.3) is 5.56 Å². The summed E-state index contributed by atoms with van der Waals surface area (Å²) in [5.74, 6) is -0.0421. The third-order valence-electron chi connectivity index (χ3n) is 3.36. The number of aromatic amines is 1. The summed E-state index contributed by atoms with van der Waals surface area (Å²) < 4.78 is 5.59. The largest absolute Gasteiger partial charge is 0.486 e. The van der Waals surface area contributed by atoms with Crippen LogP contribution in [-0.2, 0) is 23.2 Å². The monoisotopic (exact) mass is 316 g/mol. The Morgan fingerprint density at radius 2 is 1.91 bits per heavy atom. The number of carboxylic acid groups (broad SMARTS) is 1. The van der Waals surface area contributed by atoms with Crippen molar-refractivity contribution in [3.05, 3.63) is 57.8 Å². The topological polar surface area (TPSA) is 92.3 Å². The Hall–Kier alpha value is -2.63. The normalized spacial score (nSPS) is 11.3. The number of carboxylic acids is 1. The molecule has 6 heteroatoms. The number of benzene rings is 1. The second-order valence-corrected chi connectivity index (χ2v) is 6.32. The molecule has 0 amide bonds. The predicted molar refractivity (Wildman–Crippen MR) is 85.7 cm³/mol. The maximum Gasteiger partial charge on any atom is 0.308 e. The molecule has 0 aliphatic heterocycles. The van der Waals surface area contributed by atoms with Crippen molar-refractivity contribution in [3.8, 4) is 5.75 Å². The van der Waals surface area contributed by atoms with E-state index in [1.807, 2.05) is 24.3 Å². The Morgan fingerprint density at radius 1 is 1.26 bits per heavy atom. The number of hydrogen-bond donors (Lipinski definition) is 2. The maximum absolute atomic E-state index is 11.7. The molecule has 0 fully saturated rings. The van der Waals surface area contributed by atoms with Gasteiger partial charge in [0, 0.05) is 11.8 Å². The SMILES string of the molecule is CC(C)(C)c1ccc(OCc2ncc(CC(=O)O)c(=O)[nH]2)cc1. The van der Waals surface area contributed by atoms with Crippen LogP contribution in [-0.4, -0.2) is 21.0 Å². The van der Waals surface area contributed by atoms with Gasteiger partial charge in [-0.3, -0.25) is 9.59 Å². The van der Waals surface area contributed by atoms with E-state index in [2.05, 4.69) is 30.7 Å². The van der Waals surface area contributed by atoms with Gasteiger partial charge in [0.2, 0.25) is 0 Å². The van der Waals surface area contributed by atoms with Crippen LogP contribution in [0, 0.1) is 0 Å². The van der Waals surface area contributed by atoms with E-state index in [-0.39, 0.29) is 24.0 Å². The van der Waals surface area contributed by atoms with Gasteiger partial charge in [-0.1, -0.05) is 32.9 Å². The first-order chi connectivity index (χ1) is 10.8. The van der Waals surface area contributed by atoms with Crippen molar-refractivity contribution in [2.75, 3.05) is 0 Å². The first kappa shape index (κ1) is 16.7. The summed E-state index contributed by atoms with van der Waals surface area (Å²) in [6, 6.07) is 7.75. The van der Waals surface area contributed by atoms with E-state index in [4.69, 9.17) is 9.84 Å². The molecule has 0 radical (unpaired) electrons. The number of H-pyrrole nitrogens is 1. The van der Waals surface area contributed by atoms with Crippen molar-refractivity contribution in [1.29, 1.82) is 0 Å². The molecule has 122 valence electrons. The fourth-order valence-electron chi connectivity index (χ4n) is 2.02. The lowest BCUT2D eigenvalue weighted by atomic mass is 9.87. The average Bonchev–Trinajstić information content (AvgIpc) is 2.47. The zero-order valence-corrected chi connectivity index (χ0v) is 13.4. The molecule has 1 aromatic carbocycles. The van der Waals surface area contributed by atoms with Crippen molar-refractivity contribution >= 4 is 5.97 Å². The fourth-order valence-corrected chi connectivity index (χ4v) is 2.02. The number of nitrogens with zero attached hydrogens (tertiary/aromatic N) is 1. The van der Waals surface area contributed by atoms with E-state index in [0.29, 0.717) is 11.6 Å². The molecule has 0 aliphatic carbocycles. The first-order valence-electron chi connectivity index (χ1n) is 7.28. The summed E-state index contributed by atoms with van der Waals surface area (Å²) >= 11 is 0. The van der Waals surface area contributed by atoms with Crippen LogP contribution >= 0.6 is 0 Å². The molecule has 2 rings (SSSR count). The molecule has 0 unspecified atom stereocenters. The van der Waals surface area contributed by atoms with E-state index in [9.17, 15) is 9.59 Å². The maximum atomic E-state index is 11.7. The van der Waals surface area contributed by atoms with Crippen molar-refractivity contribution in [1.82, 2.24) is 9.97 Å². The van der Waals surface area contributed by atoms with E-state index in [1.165, 1.54) is 11.8 Å². The minimum atomic E-state index is -1.07. The third kappa shape index (κ3) is 4.67. The van der Waals surface area contributed by atoms with Crippen LogP contribution in [0.5, 0.6) is 5.75 Å². The highest BCUT2D eigenvalue weighted by atomic mass is 16.5. The van der Waals surface area contributed by atoms with Crippen molar-refractivity contribution < 1.29 is 14.6 Å². The van der Waals surface area contributed by atoms with Crippen LogP contribution in [0.1, 0.15) is 37.7 Å². The van der Waals surface area contributed by atoms with Crippen molar-refractivity contribution in [2.24, 2.45) is 0 Å². The molecule has 0 saturated carbocycles. The molecule has 0 bridgehead atoms. The van der Waals surface area contributed by atoms with Gasteiger partial charge in [-0.05, 0) is 23.1 Å². The molecule has 1 heterocycles. The number of aromatic nitrogens is 2. The van der Waals surface area contributed by atoms with Gasteiger partial charge in [-0.15, -0.1) is 0 Å². The summed E-state index contributed by atoms with van der Waals surface area (Å²) in [5.41, 5.74) is 0.944. The molecular weight excluding hydrogens is 296 g/mol. The van der Waals surface area contributed by atoms with Crippen LogP contribution in [0.15, 0.2) is 35.3 Å². The molecule has 0 spiro atoms. The number of rotatable bonds is 5. The van der Waals surface area contributed by atoms with Crippen LogP contribution in [0.25, 0.3) is 0 Å². The molecule has 0 saturated heterocycles. The second-order valence-electron chi connectivity index (χ2n) is 6.32. The quantitative estimate of drug-likeness (QED) is 0.883. The smallest absolute Gasteiger partial charge is 0.308 e. The summed E-state index contributed by atoms with van der Waals surface area (Å²) in [6.45, 7) is 6.51. The summed E-state index contributed by atoms with van der Waals surface area (Å²) in [6.07, 6.45) is 0.923. The highest BCUT2D eigenvalue weighted by Gasteiger charge is 2.13. The lowest BCUT2D eigenvalue weighted by Gasteiger charge is -2.19. The summed E-state index contributed by atoms with van der Waals surface area (Å²) in [4.78, 5) is 28.9. The van der Waals surface area contributed by atoms with E-state index in [1.54, 1.807) is 0 Å². The summed E-state index contributed by atoms with van der Waals surface area (Å²) in [7, 11) is 0. The number of hydrogen-bond acceptors (Lipinski definition) is 4. The van der Waals surface area contributed by atoms with Crippen LogP contribution in [0.3, 0.4) is 0 Å². The number of ether oxygens (including phenoxy) is 1. The van der Waals surface area contributed by atoms with E-state index >= 15 is 0 Å². The van der Waals surface area contributed by atoms with Crippen LogP contribution in [0.2, 0.25) is 0 Å². The zero-order chi connectivity index (χ0) is 17.0. The molecular formula is C17H20N2O4. The molecule has 6 nitrogen and oxygen atoms in total. The molecule has 2 aromatic rings. The highest BCUT2D eigenvalue weighted by molar-refractivity contribution is 5.69. The lowest BCUT2D eigenvalue weighted by Crippen LogP contribution is -2.19. The Balaban J connectivity index is 2.02. The number of nitrogens with one attached hydrogen (secondary N) is 1. The van der Waals surface area contributed by atoms with Gasteiger partial charge in [0.1, 0.15) is 18.2 Å². The molecule has 23 heavy (non-hydrogen) atoms. The van der Waals surface area contributed by atoms with E-state index < -0.39 is 11.5 Å². The Bertz CT molecular complexity index is 742. The van der Waals surface area contributed by atoms with Crippen molar-refractivity contribution in [2.45, 2.75) is 39.2 Å². The van der Waals surface area contributed by atoms with Gasteiger partial charge < -0.3 is 14.8 Å². The Morgan fingerprint density at radius 3 is 2.43 bits per heavy atom. The second kappa shape index (κ2) is 6.64. The minimum Gasteiger partial charge on any atom is -0.486 e. The number of carbonyl (C=O) groups is 1. The van der Waals surface area contributed by atoms with Crippen molar-refractivity contribution in [3.63, 3.8) is 0 Å². The first-order valence-corrected chi connectivity index (χ1v) is 7.28. The van der Waals surface area contributed by atoms with Gasteiger partial charge >= 0.3 is 5.97 Å². The Labute approximate surface area is 134 Å². The summed E-state index contributed by atoms with van der Waals surface area (Å²) in [5, 5.41) is 8.69. The third-order valence-corrected chi connectivity index (χ3v) is 3.36. The minimum absolute atomic E-state index is 0.0747. The highest BCUT2D eigenvalue weighted by Crippen LogP contribution is 2.24. The molecule has 1 aromatic heterocycles. The molecule has 0 aliphatic rings. The van der Waals surface area contributed by atoms with Crippen LogP contribution in [0.4, 0.5) is 0 Å². The van der Waals surface area contributed by atoms with Gasteiger partial charge in [0.15, 0.2) is 0 Å². The zero-order valence-electron chi connectivity index (χ0n) is 13.4.